The van der Waals surface area contributed by atoms with Crippen molar-refractivity contribution in [2.24, 2.45) is 7.05 Å². The summed E-state index contributed by atoms with van der Waals surface area (Å²) in [7, 11) is 4.99. The number of hydrogen-bond acceptors (Lipinski definition) is 6. The summed E-state index contributed by atoms with van der Waals surface area (Å²) in [6.45, 7) is 0. The van der Waals surface area contributed by atoms with E-state index >= 15 is 0 Å². The van der Waals surface area contributed by atoms with Gasteiger partial charge in [-0.2, -0.15) is 0 Å². The molecule has 0 bridgehead atoms. The highest BCUT2D eigenvalue weighted by molar-refractivity contribution is 7.13. The number of amides is 1. The van der Waals surface area contributed by atoms with Gasteiger partial charge in [-0.3, -0.25) is 4.79 Å². The van der Waals surface area contributed by atoms with E-state index in [4.69, 9.17) is 9.47 Å². The number of rotatable bonds is 7. The monoisotopic (exact) mass is 452 g/mol. The number of nitrogens with zero attached hydrogens (tertiary/aromatic N) is 3. The molecule has 0 saturated carbocycles. The van der Waals surface area contributed by atoms with Crippen LogP contribution in [0.1, 0.15) is 27.9 Å². The van der Waals surface area contributed by atoms with E-state index in [0.717, 1.165) is 11.1 Å². The van der Waals surface area contributed by atoms with Gasteiger partial charge in [-0.15, -0.1) is 11.3 Å². The lowest BCUT2D eigenvalue weighted by Gasteiger charge is -2.20. The normalized spacial score (nSPS) is 11.8. The minimum atomic E-state index is -0.567. The maximum absolute atomic E-state index is 13.2. The van der Waals surface area contributed by atoms with E-state index in [1.807, 2.05) is 23.7 Å². The second kappa shape index (κ2) is 9.19. The van der Waals surface area contributed by atoms with Crippen molar-refractivity contribution in [3.8, 4) is 22.1 Å². The molecule has 0 radical (unpaired) electrons. The number of imidazole rings is 1. The minimum absolute atomic E-state index is 0.267. The van der Waals surface area contributed by atoms with E-state index in [9.17, 15) is 9.18 Å². The maximum atomic E-state index is 13.2. The highest BCUT2D eigenvalue weighted by Gasteiger charge is 2.24. The first-order chi connectivity index (χ1) is 15.5. The van der Waals surface area contributed by atoms with Crippen molar-refractivity contribution in [1.29, 1.82) is 0 Å². The highest BCUT2D eigenvalue weighted by atomic mass is 32.1. The molecular weight excluding hydrogens is 431 g/mol. The van der Waals surface area contributed by atoms with Crippen LogP contribution in [0.2, 0.25) is 0 Å². The quantitative estimate of drug-likeness (QED) is 0.454. The first kappa shape index (κ1) is 21.5. The molecule has 164 valence electrons. The number of carbonyl (C=O) groups excluding carboxylic acids is 1. The molecule has 4 rings (SSSR count). The van der Waals surface area contributed by atoms with Gasteiger partial charge in [-0.25, -0.2) is 14.4 Å². The van der Waals surface area contributed by atoms with Crippen LogP contribution in [-0.4, -0.2) is 34.7 Å². The number of thiazole rings is 1. The zero-order valence-corrected chi connectivity index (χ0v) is 18.5. The molecule has 0 aliphatic carbocycles. The smallest absolute Gasteiger partial charge is 0.271 e. The van der Waals surface area contributed by atoms with E-state index in [1.165, 1.54) is 23.5 Å². The molecule has 7 nitrogen and oxygen atoms in total. The van der Waals surface area contributed by atoms with Crippen LogP contribution in [0.5, 0.6) is 11.5 Å². The molecule has 1 N–H and O–H groups in total. The van der Waals surface area contributed by atoms with E-state index < -0.39 is 6.04 Å². The van der Waals surface area contributed by atoms with Gasteiger partial charge in [0.1, 0.15) is 39.9 Å². The summed E-state index contributed by atoms with van der Waals surface area (Å²) in [6, 6.07) is 10.8. The number of methoxy groups -OCH3 is 2. The Balaban J connectivity index is 1.66. The summed E-state index contributed by atoms with van der Waals surface area (Å²) in [5, 5.41) is 5.33. The molecule has 1 unspecified atom stereocenters. The zero-order valence-electron chi connectivity index (χ0n) is 17.7. The molecule has 0 spiro atoms. The largest absolute Gasteiger partial charge is 0.497 e. The summed E-state index contributed by atoms with van der Waals surface area (Å²) < 4.78 is 25.8. The number of carbonyl (C=O) groups is 1. The average molecular weight is 453 g/mol. The Kier molecular flexibility index (Phi) is 6.18. The second-order valence-electron chi connectivity index (χ2n) is 6.99. The van der Waals surface area contributed by atoms with Crippen molar-refractivity contribution in [2.45, 2.75) is 6.04 Å². The van der Waals surface area contributed by atoms with Gasteiger partial charge < -0.3 is 19.4 Å². The van der Waals surface area contributed by atoms with Crippen molar-refractivity contribution in [3.05, 3.63) is 83.1 Å². The molecule has 0 aliphatic rings. The van der Waals surface area contributed by atoms with Crippen LogP contribution < -0.4 is 14.8 Å². The molecule has 9 heteroatoms. The van der Waals surface area contributed by atoms with E-state index in [2.05, 4.69) is 15.3 Å². The first-order valence-electron chi connectivity index (χ1n) is 9.71. The third kappa shape index (κ3) is 4.47. The van der Waals surface area contributed by atoms with Crippen LogP contribution in [0.15, 0.2) is 60.2 Å². The first-order valence-corrected chi connectivity index (χ1v) is 10.6. The number of benzene rings is 2. The lowest BCUT2D eigenvalue weighted by Crippen LogP contribution is -2.31. The molecule has 0 fully saturated rings. The lowest BCUT2D eigenvalue weighted by atomic mass is 10.0. The predicted molar refractivity (Wildman–Crippen MR) is 120 cm³/mol. The fourth-order valence-corrected chi connectivity index (χ4v) is 4.06. The van der Waals surface area contributed by atoms with Gasteiger partial charge in [-0.1, -0.05) is 0 Å². The Morgan fingerprint density at radius 2 is 1.81 bits per heavy atom. The Labute approximate surface area is 188 Å². The summed E-state index contributed by atoms with van der Waals surface area (Å²) in [5.74, 6) is 1.15. The Morgan fingerprint density at radius 1 is 1.12 bits per heavy atom. The summed E-state index contributed by atoms with van der Waals surface area (Å²) >= 11 is 1.32. The standard InChI is InChI=1S/C23H21FN4O3S/c1-28-9-8-25-21(28)20(15-10-17(30-2)12-18(11-15)31-3)27-22(29)19-13-32-23(26-19)14-4-6-16(24)7-5-14/h4-13,20H,1-3H3,(H,27,29). The Morgan fingerprint density at radius 3 is 2.41 bits per heavy atom. The Hall–Kier alpha value is -3.72. The van der Waals surface area contributed by atoms with Crippen LogP contribution in [0.3, 0.4) is 0 Å². The Bertz CT molecular complexity index is 1210. The van der Waals surface area contributed by atoms with E-state index in [-0.39, 0.29) is 17.4 Å². The number of aryl methyl sites for hydroxylation is 1. The lowest BCUT2D eigenvalue weighted by molar-refractivity contribution is 0.0936. The fourth-order valence-electron chi connectivity index (χ4n) is 3.26. The van der Waals surface area contributed by atoms with Gasteiger partial charge in [0.2, 0.25) is 0 Å². The fraction of sp³-hybridized carbons (Fsp3) is 0.174. The van der Waals surface area contributed by atoms with E-state index in [1.54, 1.807) is 50.2 Å². The van der Waals surface area contributed by atoms with Crippen LogP contribution >= 0.6 is 11.3 Å². The van der Waals surface area contributed by atoms with Gasteiger partial charge in [0.05, 0.1) is 14.2 Å². The van der Waals surface area contributed by atoms with Crippen LogP contribution in [0.25, 0.3) is 10.6 Å². The topological polar surface area (TPSA) is 78.3 Å². The molecule has 2 aromatic carbocycles. The molecule has 4 aromatic rings. The molecule has 0 saturated heterocycles. The van der Waals surface area contributed by atoms with Gasteiger partial charge >= 0.3 is 0 Å². The SMILES string of the molecule is COc1cc(OC)cc(C(NC(=O)c2csc(-c3ccc(F)cc3)n2)c2nccn2C)c1. The zero-order chi connectivity index (χ0) is 22.7. The van der Waals surface area contributed by atoms with Crippen LogP contribution in [0.4, 0.5) is 4.39 Å². The predicted octanol–water partition coefficient (Wildman–Crippen LogP) is 4.22. The van der Waals surface area contributed by atoms with Crippen molar-refractivity contribution < 1.29 is 18.7 Å². The highest BCUT2D eigenvalue weighted by Crippen LogP contribution is 2.30. The van der Waals surface area contributed by atoms with Crippen molar-refractivity contribution >= 4 is 17.2 Å². The van der Waals surface area contributed by atoms with Crippen molar-refractivity contribution in [3.63, 3.8) is 0 Å². The number of aromatic nitrogens is 3. The molecule has 0 aliphatic heterocycles. The van der Waals surface area contributed by atoms with Gasteiger partial charge in [-0.05, 0) is 42.0 Å². The number of hydrogen-bond donors (Lipinski definition) is 1. The molecule has 1 amide bonds. The summed E-state index contributed by atoms with van der Waals surface area (Å²) in [5.41, 5.74) is 1.76. The number of ether oxygens (including phenoxy) is 2. The molecule has 32 heavy (non-hydrogen) atoms. The van der Waals surface area contributed by atoms with Crippen LogP contribution in [-0.2, 0) is 7.05 Å². The van der Waals surface area contributed by atoms with Gasteiger partial charge in [0.15, 0.2) is 0 Å². The number of halogens is 1. The summed E-state index contributed by atoms with van der Waals surface area (Å²) in [4.78, 5) is 22.0. The van der Waals surface area contributed by atoms with Gasteiger partial charge in [0.25, 0.3) is 5.91 Å². The molecule has 2 heterocycles. The minimum Gasteiger partial charge on any atom is -0.497 e. The third-order valence-corrected chi connectivity index (χ3v) is 5.82. The maximum Gasteiger partial charge on any atom is 0.271 e. The molecule has 2 aromatic heterocycles. The summed E-state index contributed by atoms with van der Waals surface area (Å²) in [6.07, 6.45) is 3.47. The van der Waals surface area contributed by atoms with E-state index in [0.29, 0.717) is 22.3 Å². The van der Waals surface area contributed by atoms with Crippen LogP contribution in [0, 0.1) is 5.82 Å². The molecular formula is C23H21FN4O3S. The molecule has 1 atom stereocenters. The third-order valence-electron chi connectivity index (χ3n) is 4.93. The van der Waals surface area contributed by atoms with Crippen molar-refractivity contribution in [2.75, 3.05) is 14.2 Å². The number of nitrogens with one attached hydrogen (secondary N) is 1. The van der Waals surface area contributed by atoms with Crippen molar-refractivity contribution in [1.82, 2.24) is 19.9 Å². The van der Waals surface area contributed by atoms with Gasteiger partial charge in [0, 0.05) is 36.5 Å². The average Bonchev–Trinajstić information content (AvgIpc) is 3.47. The second-order valence-corrected chi connectivity index (χ2v) is 7.85.